The van der Waals surface area contributed by atoms with Crippen LogP contribution in [0.15, 0.2) is 24.4 Å². The van der Waals surface area contributed by atoms with Crippen LogP contribution in [0.25, 0.3) is 5.69 Å². The molecule has 12 nitrogen and oxygen atoms in total. The number of hydrogen-bond acceptors (Lipinski definition) is 7. The molecular formula is C24H24N8O4. The largest absolute Gasteiger partial charge is 0.334 e. The Bertz CT molecular complexity index is 1450. The van der Waals surface area contributed by atoms with E-state index in [1.165, 1.54) is 9.58 Å². The molecule has 0 radical (unpaired) electrons. The van der Waals surface area contributed by atoms with Crippen molar-refractivity contribution in [2.75, 3.05) is 6.54 Å². The summed E-state index contributed by atoms with van der Waals surface area (Å²) in [7, 11) is 1.95. The van der Waals surface area contributed by atoms with Crippen LogP contribution in [-0.2, 0) is 36.1 Å². The molecule has 1 N–H and O–H groups in total. The van der Waals surface area contributed by atoms with Gasteiger partial charge in [0.25, 0.3) is 11.8 Å². The molecule has 36 heavy (non-hydrogen) atoms. The lowest BCUT2D eigenvalue weighted by atomic mass is 10.0. The normalized spacial score (nSPS) is 19.4. The first-order chi connectivity index (χ1) is 17.3. The minimum absolute atomic E-state index is 0.204. The van der Waals surface area contributed by atoms with E-state index >= 15 is 0 Å². The van der Waals surface area contributed by atoms with Gasteiger partial charge in [-0.3, -0.25) is 24.5 Å². The van der Waals surface area contributed by atoms with Crippen LogP contribution in [0, 0.1) is 6.92 Å². The molecule has 4 amide bonds. The Morgan fingerprint density at radius 3 is 2.78 bits per heavy atom. The van der Waals surface area contributed by atoms with Gasteiger partial charge in [0, 0.05) is 38.5 Å². The Kier molecular flexibility index (Phi) is 4.99. The van der Waals surface area contributed by atoms with Gasteiger partial charge in [0.05, 0.1) is 29.8 Å². The first kappa shape index (κ1) is 22.1. The van der Waals surface area contributed by atoms with Gasteiger partial charge in [0.15, 0.2) is 5.69 Å². The molecule has 1 saturated heterocycles. The van der Waals surface area contributed by atoms with Gasteiger partial charge in [-0.2, -0.15) is 0 Å². The second kappa shape index (κ2) is 8.11. The third-order valence-electron chi connectivity index (χ3n) is 7.26. The number of piperidine rings is 1. The first-order valence-electron chi connectivity index (χ1n) is 11.8. The summed E-state index contributed by atoms with van der Waals surface area (Å²) in [5, 5.41) is 10.5. The van der Waals surface area contributed by atoms with E-state index in [9.17, 15) is 19.2 Å². The second-order valence-corrected chi connectivity index (χ2v) is 9.38. The van der Waals surface area contributed by atoms with Crippen LogP contribution in [0.4, 0.5) is 0 Å². The molecule has 5 heterocycles. The maximum absolute atomic E-state index is 13.1. The van der Waals surface area contributed by atoms with E-state index in [-0.39, 0.29) is 29.8 Å². The Hall–Kier alpha value is -4.35. The van der Waals surface area contributed by atoms with Crippen molar-refractivity contribution < 1.29 is 19.2 Å². The molecule has 1 atom stereocenters. The Morgan fingerprint density at radius 2 is 1.97 bits per heavy atom. The molecule has 1 unspecified atom stereocenters. The molecule has 3 aliphatic rings. The van der Waals surface area contributed by atoms with Crippen LogP contribution in [0.1, 0.15) is 56.5 Å². The van der Waals surface area contributed by atoms with Crippen molar-refractivity contribution in [1.82, 2.24) is 39.7 Å². The maximum atomic E-state index is 13.1. The highest BCUT2D eigenvalue weighted by Gasteiger charge is 2.39. The zero-order chi connectivity index (χ0) is 25.1. The predicted octanol–water partition coefficient (Wildman–Crippen LogP) is 0.269. The number of imide groups is 1. The average molecular weight is 489 g/mol. The highest BCUT2D eigenvalue weighted by molar-refractivity contribution is 6.05. The van der Waals surface area contributed by atoms with Crippen molar-refractivity contribution in [2.24, 2.45) is 7.05 Å². The smallest absolute Gasteiger partial charge is 0.276 e. The number of aromatic nitrogens is 5. The van der Waals surface area contributed by atoms with Crippen molar-refractivity contribution in [3.8, 4) is 5.69 Å². The third kappa shape index (κ3) is 3.48. The SMILES string of the molecule is Cc1nc2c(n1C)CN(C(=O)c1cn(-c3ccc4c(c3)C(=O)N(C3CCC(=O)NC3=O)C4)nn1)CC2. The lowest BCUT2D eigenvalue weighted by molar-refractivity contribution is -0.136. The number of carbonyl (C=O) groups is 4. The fraction of sp³-hybridized carbons (Fsp3) is 0.375. The summed E-state index contributed by atoms with van der Waals surface area (Å²) in [6.07, 6.45) is 2.76. The van der Waals surface area contributed by atoms with Crippen LogP contribution in [-0.4, -0.2) is 70.6 Å². The first-order valence-corrected chi connectivity index (χ1v) is 11.8. The monoisotopic (exact) mass is 488 g/mol. The van der Waals surface area contributed by atoms with Gasteiger partial charge in [0.1, 0.15) is 11.9 Å². The molecule has 184 valence electrons. The molecule has 0 saturated carbocycles. The maximum Gasteiger partial charge on any atom is 0.276 e. The summed E-state index contributed by atoms with van der Waals surface area (Å²) in [4.78, 5) is 57.8. The fourth-order valence-corrected chi connectivity index (χ4v) is 5.13. The second-order valence-electron chi connectivity index (χ2n) is 9.38. The van der Waals surface area contributed by atoms with Gasteiger partial charge in [-0.25, -0.2) is 9.67 Å². The summed E-state index contributed by atoms with van der Waals surface area (Å²) in [5.41, 5.74) is 4.11. The van der Waals surface area contributed by atoms with E-state index in [0.717, 1.165) is 22.8 Å². The van der Waals surface area contributed by atoms with E-state index in [1.807, 2.05) is 24.6 Å². The van der Waals surface area contributed by atoms with Gasteiger partial charge in [-0.1, -0.05) is 11.3 Å². The minimum atomic E-state index is -0.671. The molecule has 0 aliphatic carbocycles. The van der Waals surface area contributed by atoms with Crippen LogP contribution >= 0.6 is 0 Å². The number of nitrogens with one attached hydrogen (secondary N) is 1. The Balaban J connectivity index is 1.20. The molecule has 0 bridgehead atoms. The third-order valence-corrected chi connectivity index (χ3v) is 7.26. The number of benzene rings is 1. The van der Waals surface area contributed by atoms with E-state index in [2.05, 4.69) is 20.6 Å². The zero-order valence-corrected chi connectivity index (χ0v) is 19.9. The summed E-state index contributed by atoms with van der Waals surface area (Å²) < 4.78 is 3.48. The summed E-state index contributed by atoms with van der Waals surface area (Å²) in [5.74, 6) is -0.333. The lowest BCUT2D eigenvalue weighted by Crippen LogP contribution is -2.52. The van der Waals surface area contributed by atoms with E-state index in [1.54, 1.807) is 23.2 Å². The number of aryl methyl sites for hydroxylation is 1. The number of nitrogens with zero attached hydrogens (tertiary/aromatic N) is 7. The summed E-state index contributed by atoms with van der Waals surface area (Å²) in [6.45, 7) is 3.26. The number of imidazole rings is 1. The quantitative estimate of drug-likeness (QED) is 0.523. The molecule has 6 rings (SSSR count). The molecule has 12 heteroatoms. The van der Waals surface area contributed by atoms with Crippen LogP contribution < -0.4 is 5.32 Å². The number of carbonyl (C=O) groups excluding carboxylic acids is 4. The van der Waals surface area contributed by atoms with Crippen LogP contribution in [0.3, 0.4) is 0 Å². The van der Waals surface area contributed by atoms with Crippen molar-refractivity contribution in [3.63, 3.8) is 0 Å². The molecule has 1 fully saturated rings. The highest BCUT2D eigenvalue weighted by Crippen LogP contribution is 2.29. The van der Waals surface area contributed by atoms with Gasteiger partial charge in [-0.05, 0) is 31.0 Å². The number of hydrogen-bond donors (Lipinski definition) is 1. The highest BCUT2D eigenvalue weighted by atomic mass is 16.2. The van der Waals surface area contributed by atoms with Crippen LogP contribution in [0.5, 0.6) is 0 Å². The molecule has 3 aliphatic heterocycles. The van der Waals surface area contributed by atoms with Crippen molar-refractivity contribution in [2.45, 2.75) is 45.3 Å². The fourth-order valence-electron chi connectivity index (χ4n) is 5.13. The van der Waals surface area contributed by atoms with Crippen molar-refractivity contribution in [1.29, 1.82) is 0 Å². The lowest BCUT2D eigenvalue weighted by Gasteiger charge is -2.29. The Morgan fingerprint density at radius 1 is 1.14 bits per heavy atom. The molecule has 3 aromatic rings. The predicted molar refractivity (Wildman–Crippen MR) is 124 cm³/mol. The van der Waals surface area contributed by atoms with E-state index in [4.69, 9.17) is 0 Å². The van der Waals surface area contributed by atoms with Gasteiger partial charge in [-0.15, -0.1) is 5.10 Å². The van der Waals surface area contributed by atoms with Crippen LogP contribution in [0.2, 0.25) is 0 Å². The summed E-state index contributed by atoms with van der Waals surface area (Å²) in [6, 6.07) is 4.64. The number of amides is 4. The molecule has 0 spiro atoms. The average Bonchev–Trinajstić information content (AvgIpc) is 3.55. The number of rotatable bonds is 3. The molecule has 2 aromatic heterocycles. The Labute approximate surface area is 205 Å². The van der Waals surface area contributed by atoms with Gasteiger partial charge < -0.3 is 14.4 Å². The molecule has 1 aromatic carbocycles. The summed E-state index contributed by atoms with van der Waals surface area (Å²) >= 11 is 0. The number of fused-ring (bicyclic) bond motifs is 2. The van der Waals surface area contributed by atoms with Gasteiger partial charge >= 0.3 is 0 Å². The van der Waals surface area contributed by atoms with E-state index < -0.39 is 11.9 Å². The van der Waals surface area contributed by atoms with Gasteiger partial charge in [0.2, 0.25) is 11.8 Å². The zero-order valence-electron chi connectivity index (χ0n) is 19.9. The topological polar surface area (TPSA) is 135 Å². The molecular weight excluding hydrogens is 464 g/mol. The van der Waals surface area contributed by atoms with Crippen molar-refractivity contribution in [3.05, 3.63) is 58.4 Å². The standard InChI is InChI=1S/C24H24N8O4/c1-13-25-17-7-8-30(12-20(17)29(13)2)24(36)18-11-32(28-27-18)15-4-3-14-10-31(23(35)16(14)9-15)19-5-6-21(33)26-22(19)34/h3-4,9,11,19H,5-8,10,12H2,1-2H3,(H,26,33,34). The van der Waals surface area contributed by atoms with E-state index in [0.29, 0.717) is 43.7 Å². The van der Waals surface area contributed by atoms with Crippen molar-refractivity contribution >= 4 is 23.6 Å². The minimum Gasteiger partial charge on any atom is -0.334 e.